The molecule has 0 radical (unpaired) electrons. The molecule has 0 amide bonds. The van der Waals surface area contributed by atoms with Gasteiger partial charge in [-0.05, 0) is 26.0 Å². The van der Waals surface area contributed by atoms with Crippen LogP contribution in [-0.4, -0.2) is 32.1 Å². The Kier molecular flexibility index (Phi) is 7.46. The number of rotatable bonds is 4. The molecule has 0 spiro atoms. The van der Waals surface area contributed by atoms with Gasteiger partial charge in [-0.1, -0.05) is 17.7 Å². The summed E-state index contributed by atoms with van der Waals surface area (Å²) >= 11 is 0. The van der Waals surface area contributed by atoms with Gasteiger partial charge in [-0.15, -0.1) is 0 Å². The maximum atomic E-state index is 11.3. The number of carboxylic acid groups (broad SMARTS) is 1. The van der Waals surface area contributed by atoms with Crippen molar-refractivity contribution in [1.82, 2.24) is 0 Å². The third kappa shape index (κ3) is 6.29. The van der Waals surface area contributed by atoms with Gasteiger partial charge in [-0.3, -0.25) is 4.18 Å². The van der Waals surface area contributed by atoms with Crippen LogP contribution in [0.3, 0.4) is 0 Å². The van der Waals surface area contributed by atoms with Crippen molar-refractivity contribution < 1.29 is 22.5 Å². The summed E-state index contributed by atoms with van der Waals surface area (Å²) in [4.78, 5) is 9.79. The zero-order valence-electron chi connectivity index (χ0n) is 11.1. The van der Waals surface area contributed by atoms with Gasteiger partial charge >= 0.3 is 5.97 Å². The van der Waals surface area contributed by atoms with Gasteiger partial charge in [0.15, 0.2) is 6.04 Å². The number of carboxylic acids is 1. The van der Waals surface area contributed by atoms with E-state index in [2.05, 4.69) is 9.92 Å². The van der Waals surface area contributed by atoms with Crippen molar-refractivity contribution >= 4 is 16.1 Å². The molecular formula is C12H16N2O5S. The molecule has 0 aliphatic carbocycles. The molecule has 110 valence electrons. The van der Waals surface area contributed by atoms with E-state index in [4.69, 9.17) is 10.4 Å². The van der Waals surface area contributed by atoms with E-state index >= 15 is 0 Å². The molecule has 0 aliphatic rings. The highest BCUT2D eigenvalue weighted by atomic mass is 32.2. The minimum Gasteiger partial charge on any atom is -0.479 e. The molecule has 0 aromatic heterocycles. The predicted molar refractivity (Wildman–Crippen MR) is 71.2 cm³/mol. The standard InChI is InChI=1S/C9H12O3S.C3H4N2O2/c1-3-12-13(10,11)9-6-4-8(2)5-7-9;4-1-2(5)3(6)7/h4-7H,3H2,1-2H3;2H,5H2,(H,6,7). The van der Waals surface area contributed by atoms with E-state index in [1.807, 2.05) is 6.92 Å². The number of carbonyl (C=O) groups is 1. The predicted octanol–water partition coefficient (Wildman–Crippen LogP) is 0.642. The van der Waals surface area contributed by atoms with Crippen LogP contribution in [0.5, 0.6) is 0 Å². The first-order valence-electron chi connectivity index (χ1n) is 5.58. The van der Waals surface area contributed by atoms with E-state index in [0.717, 1.165) is 5.56 Å². The highest BCUT2D eigenvalue weighted by Gasteiger charge is 2.12. The van der Waals surface area contributed by atoms with Crippen molar-refractivity contribution in [3.05, 3.63) is 29.8 Å². The Morgan fingerprint density at radius 2 is 1.95 bits per heavy atom. The Hall–Kier alpha value is -1.95. The second-order valence-electron chi connectivity index (χ2n) is 3.62. The van der Waals surface area contributed by atoms with Gasteiger partial charge in [0.25, 0.3) is 10.1 Å². The van der Waals surface area contributed by atoms with Crippen LogP contribution < -0.4 is 5.73 Å². The fraction of sp³-hybridized carbons (Fsp3) is 0.333. The van der Waals surface area contributed by atoms with Crippen molar-refractivity contribution in [1.29, 1.82) is 5.26 Å². The molecule has 0 saturated carbocycles. The minimum absolute atomic E-state index is 0.163. The smallest absolute Gasteiger partial charge is 0.335 e. The minimum atomic E-state index is -3.53. The zero-order chi connectivity index (χ0) is 15.8. The van der Waals surface area contributed by atoms with Crippen molar-refractivity contribution in [3.8, 4) is 6.07 Å². The van der Waals surface area contributed by atoms with Crippen LogP contribution >= 0.6 is 0 Å². The van der Waals surface area contributed by atoms with Gasteiger partial charge < -0.3 is 10.8 Å². The van der Waals surface area contributed by atoms with Crippen LogP contribution in [0.4, 0.5) is 0 Å². The molecule has 8 heteroatoms. The second-order valence-corrected chi connectivity index (χ2v) is 5.23. The van der Waals surface area contributed by atoms with Gasteiger partial charge in [0.1, 0.15) is 0 Å². The molecule has 1 aromatic rings. The zero-order valence-corrected chi connectivity index (χ0v) is 11.9. The van der Waals surface area contributed by atoms with Gasteiger partial charge in [-0.25, -0.2) is 4.79 Å². The number of benzene rings is 1. The normalized spacial score (nSPS) is 11.7. The summed E-state index contributed by atoms with van der Waals surface area (Å²) in [5, 5.41) is 15.6. The van der Waals surface area contributed by atoms with Gasteiger partial charge in [0, 0.05) is 0 Å². The number of hydrogen-bond donors (Lipinski definition) is 2. The number of hydrogen-bond acceptors (Lipinski definition) is 6. The summed E-state index contributed by atoms with van der Waals surface area (Å²) in [5.41, 5.74) is 5.68. The van der Waals surface area contributed by atoms with Crippen molar-refractivity contribution in [2.75, 3.05) is 6.61 Å². The molecule has 1 unspecified atom stereocenters. The lowest BCUT2D eigenvalue weighted by Crippen LogP contribution is -2.27. The molecule has 0 aliphatic heterocycles. The SMILES string of the molecule is CCOS(=O)(=O)c1ccc(C)cc1.N#CC(N)C(=O)O. The summed E-state index contributed by atoms with van der Waals surface area (Å²) in [5.74, 6) is -1.29. The van der Waals surface area contributed by atoms with Crippen LogP contribution in [0.15, 0.2) is 29.2 Å². The van der Waals surface area contributed by atoms with E-state index in [9.17, 15) is 13.2 Å². The summed E-state index contributed by atoms with van der Waals surface area (Å²) in [6, 6.07) is 6.54. The van der Waals surface area contributed by atoms with E-state index in [1.165, 1.54) is 6.07 Å². The average molecular weight is 300 g/mol. The first-order valence-corrected chi connectivity index (χ1v) is 6.99. The molecule has 1 atom stereocenters. The molecular weight excluding hydrogens is 284 g/mol. The molecule has 1 aromatic carbocycles. The van der Waals surface area contributed by atoms with Crippen LogP contribution in [0.2, 0.25) is 0 Å². The number of nitrogens with two attached hydrogens (primary N) is 1. The molecule has 7 nitrogen and oxygen atoms in total. The third-order valence-corrected chi connectivity index (χ3v) is 3.38. The molecule has 1 rings (SSSR count). The Morgan fingerprint density at radius 1 is 1.45 bits per heavy atom. The lowest BCUT2D eigenvalue weighted by molar-refractivity contribution is -0.137. The maximum absolute atomic E-state index is 11.3. The first-order chi connectivity index (χ1) is 9.24. The van der Waals surface area contributed by atoms with E-state index in [-0.39, 0.29) is 11.5 Å². The van der Waals surface area contributed by atoms with Crippen LogP contribution in [-0.2, 0) is 19.1 Å². The van der Waals surface area contributed by atoms with E-state index in [0.29, 0.717) is 0 Å². The summed E-state index contributed by atoms with van der Waals surface area (Å²) in [6.45, 7) is 3.71. The van der Waals surface area contributed by atoms with E-state index in [1.54, 1.807) is 31.2 Å². The summed E-state index contributed by atoms with van der Waals surface area (Å²) in [7, 11) is -3.53. The number of nitrogens with zero attached hydrogens (tertiary/aromatic N) is 1. The number of nitriles is 1. The first kappa shape index (κ1) is 18.0. The van der Waals surface area contributed by atoms with Crippen LogP contribution in [0, 0.1) is 18.3 Å². The largest absolute Gasteiger partial charge is 0.479 e. The van der Waals surface area contributed by atoms with Crippen molar-refractivity contribution in [2.45, 2.75) is 24.8 Å². The Labute approximate surface area is 117 Å². The Morgan fingerprint density at radius 3 is 2.25 bits per heavy atom. The third-order valence-electron chi connectivity index (χ3n) is 1.99. The lowest BCUT2D eigenvalue weighted by Gasteiger charge is -2.02. The van der Waals surface area contributed by atoms with Gasteiger partial charge in [0.05, 0.1) is 17.6 Å². The Bertz CT molecular complexity index is 575. The van der Waals surface area contributed by atoms with Gasteiger partial charge in [-0.2, -0.15) is 13.7 Å². The van der Waals surface area contributed by atoms with Crippen molar-refractivity contribution in [2.24, 2.45) is 5.73 Å². The molecule has 0 bridgehead atoms. The number of aryl methyl sites for hydroxylation is 1. The van der Waals surface area contributed by atoms with Crippen LogP contribution in [0.1, 0.15) is 12.5 Å². The molecule has 0 saturated heterocycles. The average Bonchev–Trinajstić information content (AvgIpc) is 2.38. The highest BCUT2D eigenvalue weighted by Crippen LogP contribution is 2.12. The van der Waals surface area contributed by atoms with Crippen LogP contribution in [0.25, 0.3) is 0 Å². The number of aliphatic carboxylic acids is 1. The fourth-order valence-corrected chi connectivity index (χ4v) is 1.90. The highest BCUT2D eigenvalue weighted by molar-refractivity contribution is 7.86. The molecule has 0 fully saturated rings. The van der Waals surface area contributed by atoms with Crippen molar-refractivity contribution in [3.63, 3.8) is 0 Å². The summed E-state index contributed by atoms with van der Waals surface area (Å²) in [6.07, 6.45) is 0. The quantitative estimate of drug-likeness (QED) is 0.780. The monoisotopic (exact) mass is 300 g/mol. The topological polar surface area (TPSA) is 130 Å². The molecule has 20 heavy (non-hydrogen) atoms. The second kappa shape index (κ2) is 8.27. The summed E-state index contributed by atoms with van der Waals surface area (Å²) < 4.78 is 27.3. The molecule has 3 N–H and O–H groups in total. The van der Waals surface area contributed by atoms with Gasteiger partial charge in [0.2, 0.25) is 0 Å². The molecule has 0 heterocycles. The van der Waals surface area contributed by atoms with E-state index < -0.39 is 22.1 Å². The maximum Gasteiger partial charge on any atom is 0.335 e. The Balaban J connectivity index is 0.000000441. The lowest BCUT2D eigenvalue weighted by atomic mass is 10.2. The fourth-order valence-electron chi connectivity index (χ4n) is 0.983.